The Morgan fingerprint density at radius 2 is 2.00 bits per heavy atom. The summed E-state index contributed by atoms with van der Waals surface area (Å²) in [6.07, 6.45) is 5.20. The fourth-order valence-corrected chi connectivity index (χ4v) is 2.93. The van der Waals surface area contributed by atoms with Gasteiger partial charge in [-0.1, -0.05) is 37.1 Å². The summed E-state index contributed by atoms with van der Waals surface area (Å²) in [5, 5.41) is 7.56. The van der Waals surface area contributed by atoms with E-state index >= 15 is 0 Å². The van der Waals surface area contributed by atoms with Crippen LogP contribution in [0.3, 0.4) is 0 Å². The number of hydrogen-bond donors (Lipinski definition) is 1. The van der Waals surface area contributed by atoms with Crippen LogP contribution in [0.5, 0.6) is 0 Å². The molecule has 1 aliphatic carbocycles. The molecule has 4 heteroatoms. The first-order valence-electron chi connectivity index (χ1n) is 7.40. The van der Waals surface area contributed by atoms with Gasteiger partial charge in [-0.25, -0.2) is 0 Å². The molecule has 0 amide bonds. The van der Waals surface area contributed by atoms with Crippen molar-refractivity contribution in [3.8, 4) is 11.5 Å². The fourth-order valence-electron chi connectivity index (χ4n) is 2.93. The van der Waals surface area contributed by atoms with E-state index in [1.807, 2.05) is 25.1 Å². The Hall–Kier alpha value is -1.84. The topological polar surface area (TPSA) is 51.0 Å². The Morgan fingerprint density at radius 3 is 2.75 bits per heavy atom. The first-order chi connectivity index (χ1) is 9.74. The molecule has 0 spiro atoms. The second-order valence-electron chi connectivity index (χ2n) is 5.70. The molecule has 1 heterocycles. The normalized spacial score (nSPS) is 22.7. The van der Waals surface area contributed by atoms with Crippen LogP contribution in [0.15, 0.2) is 28.8 Å². The maximum atomic E-state index is 5.31. The number of nitrogens with zero attached hydrogens (tertiary/aromatic N) is 2. The van der Waals surface area contributed by atoms with Crippen molar-refractivity contribution in [3.05, 3.63) is 30.1 Å². The number of aryl methyl sites for hydroxylation is 1. The van der Waals surface area contributed by atoms with E-state index in [0.717, 1.165) is 11.3 Å². The second-order valence-corrected chi connectivity index (χ2v) is 5.70. The molecule has 1 N–H and O–H groups in total. The average Bonchev–Trinajstić information content (AvgIpc) is 2.88. The van der Waals surface area contributed by atoms with Gasteiger partial charge in [-0.3, -0.25) is 0 Å². The van der Waals surface area contributed by atoms with Crippen molar-refractivity contribution < 1.29 is 4.52 Å². The number of benzene rings is 1. The summed E-state index contributed by atoms with van der Waals surface area (Å²) in [7, 11) is 0. The largest absolute Gasteiger partial charge is 0.381 e. The van der Waals surface area contributed by atoms with Crippen LogP contribution >= 0.6 is 0 Å². The highest BCUT2D eigenvalue weighted by Gasteiger charge is 2.22. The first kappa shape index (κ1) is 13.2. The van der Waals surface area contributed by atoms with Crippen LogP contribution < -0.4 is 5.32 Å². The first-order valence-corrected chi connectivity index (χ1v) is 7.40. The lowest BCUT2D eigenvalue weighted by atomic mass is 9.85. The smallest absolute Gasteiger partial charge is 0.260 e. The van der Waals surface area contributed by atoms with E-state index in [1.165, 1.54) is 25.7 Å². The lowest BCUT2D eigenvalue weighted by Crippen LogP contribution is -2.30. The molecule has 1 fully saturated rings. The van der Waals surface area contributed by atoms with Crippen molar-refractivity contribution in [2.45, 2.75) is 45.6 Å². The van der Waals surface area contributed by atoms with Gasteiger partial charge in [-0.2, -0.15) is 4.98 Å². The molecular weight excluding hydrogens is 250 g/mol. The van der Waals surface area contributed by atoms with Gasteiger partial charge in [0, 0.05) is 11.7 Å². The lowest BCUT2D eigenvalue weighted by molar-refractivity contribution is 0.349. The summed E-state index contributed by atoms with van der Waals surface area (Å²) in [5.74, 6) is 1.97. The van der Waals surface area contributed by atoms with Crippen molar-refractivity contribution in [1.29, 1.82) is 0 Å². The standard InChI is InChI=1S/C16H21N3O/c1-11-7-3-5-9-14(11)18-15-10-6-4-8-13(15)16-17-12(2)19-20-16/h4,6,8,10-11,14,18H,3,5,7,9H2,1-2H3. The number of nitrogens with one attached hydrogen (secondary N) is 1. The van der Waals surface area contributed by atoms with Crippen molar-refractivity contribution in [3.63, 3.8) is 0 Å². The molecule has 0 saturated heterocycles. The van der Waals surface area contributed by atoms with Gasteiger partial charge in [-0.15, -0.1) is 0 Å². The van der Waals surface area contributed by atoms with E-state index in [-0.39, 0.29) is 0 Å². The summed E-state index contributed by atoms with van der Waals surface area (Å²) in [6, 6.07) is 8.71. The molecule has 1 aromatic carbocycles. The Labute approximate surface area is 119 Å². The Bertz CT molecular complexity index is 579. The molecule has 106 valence electrons. The number of hydrogen-bond acceptors (Lipinski definition) is 4. The molecule has 1 aliphatic rings. The predicted octanol–water partition coefficient (Wildman–Crippen LogP) is 4.04. The van der Waals surface area contributed by atoms with Crippen molar-refractivity contribution >= 4 is 5.69 Å². The Balaban J connectivity index is 1.86. The predicted molar refractivity (Wildman–Crippen MR) is 79.5 cm³/mol. The summed E-state index contributed by atoms with van der Waals surface area (Å²) < 4.78 is 5.31. The van der Waals surface area contributed by atoms with E-state index in [1.54, 1.807) is 0 Å². The third-order valence-corrected chi connectivity index (χ3v) is 4.14. The zero-order valence-electron chi connectivity index (χ0n) is 12.1. The van der Waals surface area contributed by atoms with E-state index in [0.29, 0.717) is 23.7 Å². The van der Waals surface area contributed by atoms with Gasteiger partial charge in [0.2, 0.25) is 0 Å². The van der Waals surface area contributed by atoms with Gasteiger partial charge in [0.15, 0.2) is 5.82 Å². The van der Waals surface area contributed by atoms with Crippen LogP contribution in [0.25, 0.3) is 11.5 Å². The molecule has 0 bridgehead atoms. The fraction of sp³-hybridized carbons (Fsp3) is 0.500. The highest BCUT2D eigenvalue weighted by Crippen LogP contribution is 2.31. The molecule has 1 aromatic heterocycles. The summed E-state index contributed by atoms with van der Waals surface area (Å²) in [4.78, 5) is 4.34. The average molecular weight is 271 g/mol. The Kier molecular flexibility index (Phi) is 3.72. The third kappa shape index (κ3) is 2.69. The van der Waals surface area contributed by atoms with Crippen LogP contribution in [0.4, 0.5) is 5.69 Å². The molecule has 0 aliphatic heterocycles. The van der Waals surface area contributed by atoms with E-state index in [4.69, 9.17) is 4.52 Å². The van der Waals surface area contributed by atoms with Crippen molar-refractivity contribution in [1.82, 2.24) is 10.1 Å². The van der Waals surface area contributed by atoms with Gasteiger partial charge >= 0.3 is 0 Å². The number of rotatable bonds is 3. The van der Waals surface area contributed by atoms with Crippen LogP contribution in [-0.2, 0) is 0 Å². The molecule has 4 nitrogen and oxygen atoms in total. The summed E-state index contributed by atoms with van der Waals surface area (Å²) in [5.41, 5.74) is 2.08. The van der Waals surface area contributed by atoms with E-state index in [9.17, 15) is 0 Å². The SMILES string of the molecule is Cc1noc(-c2ccccc2NC2CCCCC2C)n1. The van der Waals surface area contributed by atoms with Gasteiger partial charge in [-0.05, 0) is 37.8 Å². The van der Waals surface area contributed by atoms with E-state index in [2.05, 4.69) is 28.4 Å². The highest BCUT2D eigenvalue weighted by atomic mass is 16.5. The van der Waals surface area contributed by atoms with Gasteiger partial charge in [0.25, 0.3) is 5.89 Å². The van der Waals surface area contributed by atoms with Crippen molar-refractivity contribution in [2.75, 3.05) is 5.32 Å². The van der Waals surface area contributed by atoms with Crippen LogP contribution in [0.1, 0.15) is 38.4 Å². The molecular formula is C16H21N3O. The van der Waals surface area contributed by atoms with Gasteiger partial charge < -0.3 is 9.84 Å². The molecule has 3 rings (SSSR count). The monoisotopic (exact) mass is 271 g/mol. The minimum atomic E-state index is 0.536. The second kappa shape index (κ2) is 5.65. The molecule has 2 unspecified atom stereocenters. The van der Waals surface area contributed by atoms with Crippen LogP contribution in [0, 0.1) is 12.8 Å². The minimum Gasteiger partial charge on any atom is -0.381 e. The Morgan fingerprint density at radius 1 is 1.20 bits per heavy atom. The molecule has 20 heavy (non-hydrogen) atoms. The maximum Gasteiger partial charge on any atom is 0.260 e. The van der Waals surface area contributed by atoms with Crippen LogP contribution in [-0.4, -0.2) is 16.2 Å². The molecule has 2 aromatic rings. The molecule has 1 saturated carbocycles. The van der Waals surface area contributed by atoms with Crippen LogP contribution in [0.2, 0.25) is 0 Å². The van der Waals surface area contributed by atoms with Gasteiger partial charge in [0.1, 0.15) is 0 Å². The quantitative estimate of drug-likeness (QED) is 0.915. The zero-order valence-corrected chi connectivity index (χ0v) is 12.1. The van der Waals surface area contributed by atoms with E-state index < -0.39 is 0 Å². The highest BCUT2D eigenvalue weighted by molar-refractivity contribution is 5.72. The molecule has 2 atom stereocenters. The minimum absolute atomic E-state index is 0.536. The summed E-state index contributed by atoms with van der Waals surface area (Å²) in [6.45, 7) is 4.17. The number of aromatic nitrogens is 2. The lowest BCUT2D eigenvalue weighted by Gasteiger charge is -2.30. The van der Waals surface area contributed by atoms with Gasteiger partial charge in [0.05, 0.1) is 5.56 Å². The maximum absolute atomic E-state index is 5.31. The number of anilines is 1. The third-order valence-electron chi connectivity index (χ3n) is 4.14. The molecule has 0 radical (unpaired) electrons. The number of para-hydroxylation sites is 1. The van der Waals surface area contributed by atoms with Crippen molar-refractivity contribution in [2.24, 2.45) is 5.92 Å². The zero-order chi connectivity index (χ0) is 13.9. The summed E-state index contributed by atoms with van der Waals surface area (Å²) >= 11 is 0.